The molecule has 6 heteroatoms. The summed E-state index contributed by atoms with van der Waals surface area (Å²) < 4.78 is 0. The number of nitrogens with zero attached hydrogens (tertiary/aromatic N) is 2. The molecule has 4 rings (SSSR count). The van der Waals surface area contributed by atoms with E-state index in [2.05, 4.69) is 26.6 Å². The monoisotopic (exact) mass is 382 g/mol. The Morgan fingerprint density at radius 1 is 1.19 bits per heavy atom. The molecule has 3 aromatic rings. The average Bonchev–Trinajstić information content (AvgIpc) is 3.18. The number of aromatic amines is 1. The number of rotatable bonds is 4. The summed E-state index contributed by atoms with van der Waals surface area (Å²) in [4.78, 5) is 16.0. The van der Waals surface area contributed by atoms with Crippen LogP contribution in [0.15, 0.2) is 36.7 Å². The number of fused-ring (bicyclic) bond motifs is 1. The number of anilines is 1. The molecule has 0 unspecified atom stereocenters. The van der Waals surface area contributed by atoms with Crippen molar-refractivity contribution in [2.75, 3.05) is 5.32 Å². The van der Waals surface area contributed by atoms with Gasteiger partial charge in [0.25, 0.3) is 0 Å². The van der Waals surface area contributed by atoms with E-state index in [-0.39, 0.29) is 5.91 Å². The van der Waals surface area contributed by atoms with Crippen molar-refractivity contribution in [3.8, 4) is 0 Å². The van der Waals surface area contributed by atoms with Crippen LogP contribution in [0.3, 0.4) is 0 Å². The second kappa shape index (κ2) is 7.69. The lowest BCUT2D eigenvalue weighted by Gasteiger charge is -2.30. The number of pyridine rings is 1. The van der Waals surface area contributed by atoms with Gasteiger partial charge in [0.15, 0.2) is 0 Å². The van der Waals surface area contributed by atoms with Crippen LogP contribution in [0.2, 0.25) is 5.02 Å². The summed E-state index contributed by atoms with van der Waals surface area (Å²) in [6.45, 7) is 1.85. The van der Waals surface area contributed by atoms with Gasteiger partial charge in [0.05, 0.1) is 11.7 Å². The van der Waals surface area contributed by atoms with E-state index in [1.165, 1.54) is 5.56 Å². The first-order valence-corrected chi connectivity index (χ1v) is 9.90. The van der Waals surface area contributed by atoms with Crippen molar-refractivity contribution in [3.63, 3.8) is 0 Å². The van der Waals surface area contributed by atoms with Crippen molar-refractivity contribution >= 4 is 34.2 Å². The molecular formula is C21H23ClN4O. The Morgan fingerprint density at radius 2 is 1.93 bits per heavy atom. The van der Waals surface area contributed by atoms with Crippen LogP contribution in [0.5, 0.6) is 0 Å². The number of aromatic nitrogens is 3. The van der Waals surface area contributed by atoms with Gasteiger partial charge in [0, 0.05) is 23.3 Å². The third-order valence-corrected chi connectivity index (χ3v) is 5.93. The summed E-state index contributed by atoms with van der Waals surface area (Å²) in [5.41, 5.74) is 5.27. The maximum atomic E-state index is 11.7. The highest BCUT2D eigenvalue weighted by Gasteiger charge is 2.26. The van der Waals surface area contributed by atoms with Crippen molar-refractivity contribution in [2.24, 2.45) is 0 Å². The molecule has 1 fully saturated rings. The molecule has 1 aromatic carbocycles. The Kier molecular flexibility index (Phi) is 5.12. The van der Waals surface area contributed by atoms with Crippen LogP contribution >= 0.6 is 11.6 Å². The summed E-state index contributed by atoms with van der Waals surface area (Å²) in [6.07, 6.45) is 8.48. The SMILES string of the molecule is CCC(=O)Nc1ccc(Cl)c(C2CCC(c3ccnc4cn[nH]c34)CC2)c1. The number of amides is 1. The molecule has 0 bridgehead atoms. The van der Waals surface area contributed by atoms with E-state index in [0.29, 0.717) is 18.3 Å². The molecule has 2 heterocycles. The lowest BCUT2D eigenvalue weighted by Crippen LogP contribution is -2.14. The van der Waals surface area contributed by atoms with Gasteiger partial charge in [-0.25, -0.2) is 0 Å². The largest absolute Gasteiger partial charge is 0.326 e. The summed E-state index contributed by atoms with van der Waals surface area (Å²) in [6, 6.07) is 7.92. The minimum absolute atomic E-state index is 0.0215. The van der Waals surface area contributed by atoms with Crippen LogP contribution < -0.4 is 5.32 Å². The lowest BCUT2D eigenvalue weighted by atomic mass is 9.76. The topological polar surface area (TPSA) is 70.7 Å². The van der Waals surface area contributed by atoms with Gasteiger partial charge in [0.2, 0.25) is 5.91 Å². The minimum Gasteiger partial charge on any atom is -0.326 e. The number of hydrogen-bond acceptors (Lipinski definition) is 3. The van der Waals surface area contributed by atoms with Crippen LogP contribution in [0.25, 0.3) is 11.0 Å². The molecule has 2 N–H and O–H groups in total. The molecule has 0 saturated heterocycles. The molecule has 0 radical (unpaired) electrons. The molecule has 5 nitrogen and oxygen atoms in total. The van der Waals surface area contributed by atoms with Crippen LogP contribution in [-0.2, 0) is 4.79 Å². The second-order valence-electron chi connectivity index (χ2n) is 7.22. The summed E-state index contributed by atoms with van der Waals surface area (Å²) in [5.74, 6) is 0.952. The van der Waals surface area contributed by atoms with Gasteiger partial charge < -0.3 is 5.32 Å². The first kappa shape index (κ1) is 18.0. The number of H-pyrrole nitrogens is 1. The number of carbonyl (C=O) groups is 1. The Labute approximate surface area is 163 Å². The van der Waals surface area contributed by atoms with Crippen LogP contribution in [0, 0.1) is 0 Å². The lowest BCUT2D eigenvalue weighted by molar-refractivity contribution is -0.115. The number of benzene rings is 1. The summed E-state index contributed by atoms with van der Waals surface area (Å²) >= 11 is 6.48. The van der Waals surface area contributed by atoms with Crippen molar-refractivity contribution in [2.45, 2.75) is 50.9 Å². The molecule has 1 amide bonds. The first-order chi connectivity index (χ1) is 13.2. The zero-order chi connectivity index (χ0) is 18.8. The van der Waals surface area contributed by atoms with E-state index in [0.717, 1.165) is 53.0 Å². The molecule has 1 aliphatic rings. The summed E-state index contributed by atoms with van der Waals surface area (Å²) in [5, 5.41) is 10.9. The Balaban J connectivity index is 1.50. The Bertz CT molecular complexity index is 960. The molecule has 0 spiro atoms. The zero-order valence-corrected chi connectivity index (χ0v) is 16.1. The van der Waals surface area contributed by atoms with Gasteiger partial charge in [-0.3, -0.25) is 14.9 Å². The fourth-order valence-electron chi connectivity index (χ4n) is 4.11. The van der Waals surface area contributed by atoms with E-state index < -0.39 is 0 Å². The van der Waals surface area contributed by atoms with Crippen LogP contribution in [-0.4, -0.2) is 21.1 Å². The fraction of sp³-hybridized carbons (Fsp3) is 0.381. The van der Waals surface area contributed by atoms with Gasteiger partial charge in [-0.05, 0) is 72.9 Å². The molecule has 0 aliphatic heterocycles. The smallest absolute Gasteiger partial charge is 0.224 e. The number of nitrogens with one attached hydrogen (secondary N) is 2. The molecule has 140 valence electrons. The Morgan fingerprint density at radius 3 is 2.67 bits per heavy atom. The predicted molar refractivity (Wildman–Crippen MR) is 108 cm³/mol. The maximum absolute atomic E-state index is 11.7. The van der Waals surface area contributed by atoms with E-state index in [9.17, 15) is 4.79 Å². The number of carbonyl (C=O) groups excluding carboxylic acids is 1. The van der Waals surface area contributed by atoms with Gasteiger partial charge in [-0.15, -0.1) is 0 Å². The highest BCUT2D eigenvalue weighted by Crippen LogP contribution is 2.43. The quantitative estimate of drug-likeness (QED) is 0.634. The van der Waals surface area contributed by atoms with Gasteiger partial charge in [0.1, 0.15) is 5.52 Å². The predicted octanol–water partition coefficient (Wildman–Crippen LogP) is 5.40. The zero-order valence-electron chi connectivity index (χ0n) is 15.3. The van der Waals surface area contributed by atoms with Crippen molar-refractivity contribution < 1.29 is 4.79 Å². The van der Waals surface area contributed by atoms with Crippen molar-refractivity contribution in [1.29, 1.82) is 0 Å². The first-order valence-electron chi connectivity index (χ1n) is 9.53. The molecule has 0 atom stereocenters. The van der Waals surface area contributed by atoms with Crippen molar-refractivity contribution in [3.05, 3.63) is 52.8 Å². The van der Waals surface area contributed by atoms with Gasteiger partial charge in [-0.1, -0.05) is 18.5 Å². The molecule has 1 saturated carbocycles. The van der Waals surface area contributed by atoms with Gasteiger partial charge in [-0.2, -0.15) is 5.10 Å². The Hall–Kier alpha value is -2.40. The van der Waals surface area contributed by atoms with E-state index in [1.807, 2.05) is 31.3 Å². The number of halogens is 1. The van der Waals surface area contributed by atoms with E-state index >= 15 is 0 Å². The van der Waals surface area contributed by atoms with Gasteiger partial charge >= 0.3 is 0 Å². The molecule has 27 heavy (non-hydrogen) atoms. The average molecular weight is 383 g/mol. The third kappa shape index (κ3) is 3.69. The van der Waals surface area contributed by atoms with Crippen molar-refractivity contribution in [1.82, 2.24) is 15.2 Å². The van der Waals surface area contributed by atoms with E-state index in [1.54, 1.807) is 6.20 Å². The fourth-order valence-corrected chi connectivity index (χ4v) is 4.38. The standard InChI is InChI=1S/C21H23ClN4O/c1-2-20(27)25-15-7-8-18(22)17(11-15)14-5-3-13(4-6-14)16-9-10-23-19-12-24-26-21(16)19/h7-14H,2-6H2,1H3,(H,24,26)(H,25,27). The molecular weight excluding hydrogens is 360 g/mol. The van der Waals surface area contributed by atoms with Crippen LogP contribution in [0.4, 0.5) is 5.69 Å². The second-order valence-corrected chi connectivity index (χ2v) is 7.62. The highest BCUT2D eigenvalue weighted by molar-refractivity contribution is 6.31. The third-order valence-electron chi connectivity index (χ3n) is 5.58. The molecule has 2 aromatic heterocycles. The van der Waals surface area contributed by atoms with Crippen LogP contribution in [0.1, 0.15) is 62.0 Å². The van der Waals surface area contributed by atoms with E-state index in [4.69, 9.17) is 11.6 Å². The highest BCUT2D eigenvalue weighted by atomic mass is 35.5. The maximum Gasteiger partial charge on any atom is 0.224 e. The summed E-state index contributed by atoms with van der Waals surface area (Å²) in [7, 11) is 0. The minimum atomic E-state index is 0.0215. The molecule has 1 aliphatic carbocycles. The number of hydrogen-bond donors (Lipinski definition) is 2. The normalized spacial score (nSPS) is 19.9.